The van der Waals surface area contributed by atoms with Gasteiger partial charge in [0.25, 0.3) is 5.91 Å². The van der Waals surface area contributed by atoms with Crippen molar-refractivity contribution < 1.29 is 23.9 Å². The second-order valence-electron chi connectivity index (χ2n) is 6.90. The summed E-state index contributed by atoms with van der Waals surface area (Å²) >= 11 is 3.34. The van der Waals surface area contributed by atoms with Crippen LogP contribution in [0.3, 0.4) is 0 Å². The summed E-state index contributed by atoms with van der Waals surface area (Å²) in [7, 11) is 3.15. The Balaban J connectivity index is 2.80. The van der Waals surface area contributed by atoms with E-state index < -0.39 is 23.7 Å². The number of nitrogens with one attached hydrogen (secondary N) is 1. The number of amides is 2. The molecule has 1 unspecified atom stereocenters. The summed E-state index contributed by atoms with van der Waals surface area (Å²) in [5.74, 6) is -0.914. The molecule has 0 aliphatic rings. The van der Waals surface area contributed by atoms with Crippen LogP contribution in [0.2, 0.25) is 0 Å². The average molecular weight is 429 g/mol. The summed E-state index contributed by atoms with van der Waals surface area (Å²) in [6.45, 7) is 4.92. The maximum Gasteiger partial charge on any atom is 0.408 e. The van der Waals surface area contributed by atoms with Crippen LogP contribution in [0.15, 0.2) is 28.7 Å². The molecule has 0 aromatic heterocycles. The molecular weight excluding hydrogens is 404 g/mol. The minimum Gasteiger partial charge on any atom is -0.455 e. The number of nitrogens with zero attached hydrogens (tertiary/aromatic N) is 1. The molecule has 0 saturated carbocycles. The van der Waals surface area contributed by atoms with Crippen LogP contribution >= 0.6 is 15.9 Å². The van der Waals surface area contributed by atoms with Crippen LogP contribution < -0.4 is 5.32 Å². The van der Waals surface area contributed by atoms with Crippen molar-refractivity contribution in [3.05, 3.63) is 34.3 Å². The maximum atomic E-state index is 12.1. The number of carbonyl (C=O) groups excluding carboxylic acids is 3. The zero-order valence-corrected chi connectivity index (χ0v) is 17.3. The van der Waals surface area contributed by atoms with Crippen LogP contribution in [0.25, 0.3) is 0 Å². The van der Waals surface area contributed by atoms with Crippen LogP contribution in [0.5, 0.6) is 0 Å². The number of hydrogen-bond acceptors (Lipinski definition) is 5. The van der Waals surface area contributed by atoms with E-state index in [2.05, 4.69) is 21.2 Å². The van der Waals surface area contributed by atoms with Gasteiger partial charge in [0, 0.05) is 18.6 Å². The van der Waals surface area contributed by atoms with E-state index in [1.807, 2.05) is 0 Å². The van der Waals surface area contributed by atoms with E-state index in [1.54, 1.807) is 59.1 Å². The highest BCUT2D eigenvalue weighted by molar-refractivity contribution is 9.10. The molecule has 7 nitrogen and oxygen atoms in total. The molecule has 144 valence electrons. The van der Waals surface area contributed by atoms with Gasteiger partial charge in [0.2, 0.25) is 0 Å². The maximum absolute atomic E-state index is 12.1. The van der Waals surface area contributed by atoms with Gasteiger partial charge in [-0.3, -0.25) is 9.59 Å². The highest BCUT2D eigenvalue weighted by atomic mass is 79.9. The molecule has 1 N–H and O–H groups in total. The fraction of sp³-hybridized carbons (Fsp3) is 0.500. The third-order valence-corrected chi connectivity index (χ3v) is 3.72. The van der Waals surface area contributed by atoms with Crippen molar-refractivity contribution in [1.82, 2.24) is 10.2 Å². The topological polar surface area (TPSA) is 84.9 Å². The predicted molar refractivity (Wildman–Crippen MR) is 101 cm³/mol. The molecule has 26 heavy (non-hydrogen) atoms. The van der Waals surface area contributed by atoms with E-state index in [9.17, 15) is 14.4 Å². The van der Waals surface area contributed by atoms with Crippen LogP contribution in [0.1, 0.15) is 38.8 Å². The van der Waals surface area contributed by atoms with Gasteiger partial charge in [0.15, 0.2) is 6.61 Å². The third-order valence-electron chi connectivity index (χ3n) is 3.19. The number of halogens is 1. The minimum atomic E-state index is -0.660. The van der Waals surface area contributed by atoms with E-state index in [1.165, 1.54) is 4.90 Å². The first-order valence-corrected chi connectivity index (χ1v) is 8.88. The molecule has 0 fully saturated rings. The van der Waals surface area contributed by atoms with Crippen LogP contribution in [0.4, 0.5) is 4.79 Å². The van der Waals surface area contributed by atoms with E-state index in [4.69, 9.17) is 9.47 Å². The number of ether oxygens (including phenoxy) is 2. The van der Waals surface area contributed by atoms with Gasteiger partial charge < -0.3 is 19.7 Å². The van der Waals surface area contributed by atoms with Crippen LogP contribution in [0, 0.1) is 0 Å². The smallest absolute Gasteiger partial charge is 0.408 e. The normalized spacial score (nSPS) is 12.1. The lowest BCUT2D eigenvalue weighted by Crippen LogP contribution is -2.36. The van der Waals surface area contributed by atoms with E-state index >= 15 is 0 Å². The SMILES string of the molecule is CN(C)C(=O)COC(=O)CC(NC(=O)OC(C)(C)C)c1ccc(Br)cc1. The Morgan fingerprint density at radius 2 is 1.73 bits per heavy atom. The fourth-order valence-electron chi connectivity index (χ4n) is 1.89. The van der Waals surface area contributed by atoms with Gasteiger partial charge in [-0.05, 0) is 38.5 Å². The molecule has 2 amide bonds. The standard InChI is InChI=1S/C18H25BrN2O5/c1-18(2,3)26-17(24)20-14(12-6-8-13(19)9-7-12)10-16(23)25-11-15(22)21(4)5/h6-9,14H,10-11H2,1-5H3,(H,20,24). The molecule has 0 heterocycles. The Hall–Kier alpha value is -2.09. The summed E-state index contributed by atoms with van der Waals surface area (Å²) in [6, 6.07) is 6.54. The van der Waals surface area contributed by atoms with Gasteiger partial charge in [-0.25, -0.2) is 4.79 Å². The predicted octanol–water partition coefficient (Wildman–Crippen LogP) is 3.04. The molecule has 1 rings (SSSR count). The molecule has 0 radical (unpaired) electrons. The third kappa shape index (κ3) is 8.33. The number of carbonyl (C=O) groups is 3. The molecule has 0 aliphatic carbocycles. The summed E-state index contributed by atoms with van der Waals surface area (Å²) < 4.78 is 11.1. The Kier molecular flexibility index (Phi) is 8.08. The molecule has 1 aromatic rings. The first-order valence-electron chi connectivity index (χ1n) is 8.08. The van der Waals surface area contributed by atoms with Crippen molar-refractivity contribution in [3.63, 3.8) is 0 Å². The summed E-state index contributed by atoms with van der Waals surface area (Å²) in [6.07, 6.45) is -0.760. The van der Waals surface area contributed by atoms with Crippen molar-refractivity contribution >= 4 is 33.9 Å². The molecular formula is C18H25BrN2O5. The molecule has 0 aliphatic heterocycles. The van der Waals surface area contributed by atoms with Gasteiger partial charge in [-0.15, -0.1) is 0 Å². The van der Waals surface area contributed by atoms with E-state index in [0.717, 1.165) is 10.0 Å². The fourth-order valence-corrected chi connectivity index (χ4v) is 2.16. The minimum absolute atomic E-state index is 0.123. The molecule has 1 atom stereocenters. The number of hydrogen-bond donors (Lipinski definition) is 1. The zero-order chi connectivity index (χ0) is 19.9. The number of rotatable bonds is 6. The first-order chi connectivity index (χ1) is 12.0. The second-order valence-corrected chi connectivity index (χ2v) is 7.82. The van der Waals surface area contributed by atoms with Crippen molar-refractivity contribution in [3.8, 4) is 0 Å². The van der Waals surface area contributed by atoms with Gasteiger partial charge >= 0.3 is 12.1 Å². The second kappa shape index (κ2) is 9.56. The monoisotopic (exact) mass is 428 g/mol. The quantitative estimate of drug-likeness (QED) is 0.703. The first kappa shape index (κ1) is 22.0. The zero-order valence-electron chi connectivity index (χ0n) is 15.7. The summed E-state index contributed by atoms with van der Waals surface area (Å²) in [4.78, 5) is 37.0. The highest BCUT2D eigenvalue weighted by Gasteiger charge is 2.23. The van der Waals surface area contributed by atoms with Crippen molar-refractivity contribution in [2.24, 2.45) is 0 Å². The number of benzene rings is 1. The van der Waals surface area contributed by atoms with Crippen molar-refractivity contribution in [2.45, 2.75) is 38.8 Å². The number of likely N-dealkylation sites (N-methyl/N-ethyl adjacent to an activating group) is 1. The molecule has 0 bridgehead atoms. The number of esters is 1. The molecule has 0 spiro atoms. The van der Waals surface area contributed by atoms with Crippen LogP contribution in [-0.4, -0.2) is 49.2 Å². The Labute approximate surface area is 162 Å². The van der Waals surface area contributed by atoms with Crippen molar-refractivity contribution in [2.75, 3.05) is 20.7 Å². The molecule has 1 aromatic carbocycles. The van der Waals surface area contributed by atoms with Crippen LogP contribution in [-0.2, 0) is 19.1 Å². The highest BCUT2D eigenvalue weighted by Crippen LogP contribution is 2.21. The summed E-state index contributed by atoms with van der Waals surface area (Å²) in [5.41, 5.74) is 0.0578. The van der Waals surface area contributed by atoms with Crippen molar-refractivity contribution in [1.29, 1.82) is 0 Å². The van der Waals surface area contributed by atoms with Gasteiger partial charge in [-0.2, -0.15) is 0 Å². The summed E-state index contributed by atoms with van der Waals surface area (Å²) in [5, 5.41) is 2.68. The van der Waals surface area contributed by atoms with E-state index in [0.29, 0.717) is 0 Å². The molecule has 0 saturated heterocycles. The van der Waals surface area contributed by atoms with Gasteiger partial charge in [0.1, 0.15) is 5.60 Å². The average Bonchev–Trinajstić information content (AvgIpc) is 2.50. The van der Waals surface area contributed by atoms with Gasteiger partial charge in [0.05, 0.1) is 12.5 Å². The lowest BCUT2D eigenvalue weighted by atomic mass is 10.0. The largest absolute Gasteiger partial charge is 0.455 e. The Bertz CT molecular complexity index is 638. The lowest BCUT2D eigenvalue weighted by Gasteiger charge is -2.23. The Morgan fingerprint density at radius 3 is 2.23 bits per heavy atom. The van der Waals surface area contributed by atoms with Gasteiger partial charge in [-0.1, -0.05) is 28.1 Å². The molecule has 8 heteroatoms. The number of alkyl carbamates (subject to hydrolysis) is 1. The lowest BCUT2D eigenvalue weighted by molar-refractivity contribution is -0.151. The van der Waals surface area contributed by atoms with E-state index in [-0.39, 0.29) is 18.9 Å². The Morgan fingerprint density at radius 1 is 1.15 bits per heavy atom.